The van der Waals surface area contributed by atoms with Gasteiger partial charge in [-0.2, -0.15) is 0 Å². The van der Waals surface area contributed by atoms with Gasteiger partial charge in [0.2, 0.25) is 5.91 Å². The van der Waals surface area contributed by atoms with Crippen molar-refractivity contribution in [3.63, 3.8) is 0 Å². The van der Waals surface area contributed by atoms with E-state index in [0.29, 0.717) is 12.8 Å². The quantitative estimate of drug-likeness (QED) is 0.530. The molecule has 1 unspecified atom stereocenters. The SMILES string of the molecule is COC(=O)C1C(=O)N(C(=O)OC(C)(C)C)C2CC1C2. The molecule has 6 nitrogen and oxygen atoms in total. The van der Waals surface area contributed by atoms with Crippen LogP contribution in [0.2, 0.25) is 0 Å². The molecule has 106 valence electrons. The maximum absolute atomic E-state index is 12.2. The van der Waals surface area contributed by atoms with Crippen molar-refractivity contribution in [1.29, 1.82) is 0 Å². The van der Waals surface area contributed by atoms with Crippen LogP contribution < -0.4 is 0 Å². The second kappa shape index (κ2) is 4.51. The maximum atomic E-state index is 12.2. The monoisotopic (exact) mass is 269 g/mol. The molecular weight excluding hydrogens is 250 g/mol. The number of hydrogen-bond acceptors (Lipinski definition) is 5. The van der Waals surface area contributed by atoms with Gasteiger partial charge >= 0.3 is 12.1 Å². The molecule has 0 aromatic carbocycles. The summed E-state index contributed by atoms with van der Waals surface area (Å²) < 4.78 is 9.86. The van der Waals surface area contributed by atoms with E-state index >= 15 is 0 Å². The number of hydrogen-bond donors (Lipinski definition) is 0. The van der Waals surface area contributed by atoms with E-state index in [-0.39, 0.29) is 12.0 Å². The highest BCUT2D eigenvalue weighted by Crippen LogP contribution is 2.44. The Balaban J connectivity index is 2.15. The number of methoxy groups -OCH3 is 1. The minimum absolute atomic E-state index is 0.00337. The summed E-state index contributed by atoms with van der Waals surface area (Å²) in [6, 6.07) is -0.131. The lowest BCUT2D eigenvalue weighted by Gasteiger charge is -2.50. The number of carbonyl (C=O) groups excluding carboxylic acids is 3. The van der Waals surface area contributed by atoms with Crippen molar-refractivity contribution in [2.45, 2.75) is 45.3 Å². The molecule has 1 atom stereocenters. The first-order chi connectivity index (χ1) is 8.74. The van der Waals surface area contributed by atoms with E-state index in [1.54, 1.807) is 20.8 Å². The summed E-state index contributed by atoms with van der Waals surface area (Å²) in [6.45, 7) is 5.21. The number of amides is 2. The summed E-state index contributed by atoms with van der Waals surface area (Å²) in [5.74, 6) is -1.92. The first kappa shape index (κ1) is 13.8. The Bertz CT molecular complexity index is 419. The van der Waals surface area contributed by atoms with E-state index in [1.165, 1.54) is 7.11 Å². The number of ether oxygens (including phenoxy) is 2. The molecule has 1 saturated carbocycles. The zero-order valence-corrected chi connectivity index (χ0v) is 11.6. The summed E-state index contributed by atoms with van der Waals surface area (Å²) in [6.07, 6.45) is 0.643. The molecule has 0 aromatic heterocycles. The maximum Gasteiger partial charge on any atom is 0.417 e. The van der Waals surface area contributed by atoms with Crippen LogP contribution in [0.3, 0.4) is 0 Å². The average molecular weight is 269 g/mol. The average Bonchev–Trinajstić information content (AvgIpc) is 2.23. The van der Waals surface area contributed by atoms with Gasteiger partial charge < -0.3 is 9.47 Å². The molecule has 0 spiro atoms. The van der Waals surface area contributed by atoms with Crippen molar-refractivity contribution in [2.24, 2.45) is 11.8 Å². The highest BCUT2D eigenvalue weighted by molar-refractivity contribution is 6.05. The topological polar surface area (TPSA) is 72.9 Å². The van der Waals surface area contributed by atoms with Gasteiger partial charge in [-0.25, -0.2) is 9.69 Å². The number of rotatable bonds is 1. The molecule has 2 saturated heterocycles. The molecule has 2 amide bonds. The van der Waals surface area contributed by atoms with E-state index in [0.717, 1.165) is 4.90 Å². The molecular formula is C13H19NO5. The predicted octanol–water partition coefficient (Wildman–Crippen LogP) is 1.33. The van der Waals surface area contributed by atoms with Crippen LogP contribution in [-0.2, 0) is 19.1 Å². The minimum Gasteiger partial charge on any atom is -0.468 e. The molecule has 2 bridgehead atoms. The van der Waals surface area contributed by atoms with Crippen LogP contribution in [-0.4, -0.2) is 41.6 Å². The summed E-state index contributed by atoms with van der Waals surface area (Å²) in [5, 5.41) is 0. The first-order valence-electron chi connectivity index (χ1n) is 6.38. The Morgan fingerprint density at radius 3 is 2.32 bits per heavy atom. The number of nitrogens with zero attached hydrogens (tertiary/aromatic N) is 1. The van der Waals surface area contributed by atoms with E-state index < -0.39 is 29.5 Å². The minimum atomic E-state index is -0.859. The van der Waals surface area contributed by atoms with Gasteiger partial charge in [-0.05, 0) is 39.5 Å². The number of fused-ring (bicyclic) bond motifs is 2. The second-order valence-corrected chi connectivity index (χ2v) is 6.07. The highest BCUT2D eigenvalue weighted by atomic mass is 16.6. The fourth-order valence-electron chi connectivity index (χ4n) is 2.61. The van der Waals surface area contributed by atoms with Crippen LogP contribution in [0.25, 0.3) is 0 Å². The van der Waals surface area contributed by atoms with Crippen molar-refractivity contribution in [3.05, 3.63) is 0 Å². The number of carbonyl (C=O) groups is 3. The number of esters is 1. The molecule has 0 N–H and O–H groups in total. The molecule has 2 aliphatic heterocycles. The molecule has 19 heavy (non-hydrogen) atoms. The third-order valence-electron chi connectivity index (χ3n) is 3.54. The molecule has 2 heterocycles. The lowest BCUT2D eigenvalue weighted by Crippen LogP contribution is -2.63. The first-order valence-corrected chi connectivity index (χ1v) is 6.38. The van der Waals surface area contributed by atoms with Crippen LogP contribution in [0.4, 0.5) is 4.79 Å². The zero-order chi connectivity index (χ0) is 14.4. The Morgan fingerprint density at radius 1 is 1.26 bits per heavy atom. The van der Waals surface area contributed by atoms with Gasteiger partial charge in [0.1, 0.15) is 11.5 Å². The van der Waals surface area contributed by atoms with Crippen LogP contribution in [0, 0.1) is 11.8 Å². The third kappa shape index (κ3) is 2.43. The second-order valence-electron chi connectivity index (χ2n) is 6.07. The van der Waals surface area contributed by atoms with E-state index in [2.05, 4.69) is 4.74 Å². The van der Waals surface area contributed by atoms with Gasteiger partial charge in [0.25, 0.3) is 0 Å². The summed E-state index contributed by atoms with van der Waals surface area (Å²) in [7, 11) is 1.25. The predicted molar refractivity (Wildman–Crippen MR) is 65.1 cm³/mol. The lowest BCUT2D eigenvalue weighted by molar-refractivity contribution is -0.168. The highest BCUT2D eigenvalue weighted by Gasteiger charge is 2.56. The summed E-state index contributed by atoms with van der Waals surface area (Å²) in [4.78, 5) is 37.0. The van der Waals surface area contributed by atoms with Crippen molar-refractivity contribution in [3.8, 4) is 0 Å². The molecule has 3 fully saturated rings. The normalized spacial score (nSPS) is 29.6. The van der Waals surface area contributed by atoms with E-state index in [1.807, 2.05) is 0 Å². The van der Waals surface area contributed by atoms with Gasteiger partial charge in [-0.3, -0.25) is 9.59 Å². The van der Waals surface area contributed by atoms with Crippen LogP contribution in [0.5, 0.6) is 0 Å². The zero-order valence-electron chi connectivity index (χ0n) is 11.6. The molecule has 3 aliphatic rings. The molecule has 6 heteroatoms. The fraction of sp³-hybridized carbons (Fsp3) is 0.769. The largest absolute Gasteiger partial charge is 0.468 e. The van der Waals surface area contributed by atoms with Gasteiger partial charge in [0, 0.05) is 6.04 Å². The van der Waals surface area contributed by atoms with Crippen molar-refractivity contribution in [1.82, 2.24) is 4.90 Å². The Labute approximate surface area is 112 Å². The lowest BCUT2D eigenvalue weighted by atomic mass is 9.67. The van der Waals surface area contributed by atoms with E-state index in [4.69, 9.17) is 4.74 Å². The summed E-state index contributed by atoms with van der Waals surface area (Å²) >= 11 is 0. The molecule has 3 rings (SSSR count). The number of piperidine rings is 2. The Morgan fingerprint density at radius 2 is 1.84 bits per heavy atom. The standard InChI is InChI=1S/C13H19NO5/c1-13(2,3)19-12(17)14-8-5-7(6-8)9(10(14)15)11(16)18-4/h7-9H,5-6H2,1-4H3. The van der Waals surface area contributed by atoms with Crippen molar-refractivity contribution >= 4 is 18.0 Å². The van der Waals surface area contributed by atoms with Gasteiger partial charge in [-0.15, -0.1) is 0 Å². The molecule has 0 radical (unpaired) electrons. The van der Waals surface area contributed by atoms with Crippen molar-refractivity contribution < 1.29 is 23.9 Å². The van der Waals surface area contributed by atoms with Crippen LogP contribution in [0.1, 0.15) is 33.6 Å². The van der Waals surface area contributed by atoms with Crippen LogP contribution in [0.15, 0.2) is 0 Å². The Hall–Kier alpha value is -1.59. The van der Waals surface area contributed by atoms with Gasteiger partial charge in [-0.1, -0.05) is 0 Å². The molecule has 1 aliphatic carbocycles. The van der Waals surface area contributed by atoms with Gasteiger partial charge in [0.15, 0.2) is 0 Å². The van der Waals surface area contributed by atoms with E-state index in [9.17, 15) is 14.4 Å². The fourth-order valence-corrected chi connectivity index (χ4v) is 2.61. The van der Waals surface area contributed by atoms with Gasteiger partial charge in [0.05, 0.1) is 7.11 Å². The summed E-state index contributed by atoms with van der Waals surface area (Å²) in [5.41, 5.74) is -0.668. The smallest absolute Gasteiger partial charge is 0.417 e. The van der Waals surface area contributed by atoms with Crippen molar-refractivity contribution in [2.75, 3.05) is 7.11 Å². The number of imide groups is 1. The third-order valence-corrected chi connectivity index (χ3v) is 3.54. The Kier molecular flexibility index (Phi) is 3.28. The molecule has 0 aromatic rings. The van der Waals surface area contributed by atoms with Crippen LogP contribution >= 0.6 is 0 Å².